The van der Waals surface area contributed by atoms with Gasteiger partial charge in [0.05, 0.1) is 7.11 Å². The van der Waals surface area contributed by atoms with E-state index in [9.17, 15) is 9.59 Å². The van der Waals surface area contributed by atoms with E-state index in [1.54, 1.807) is 0 Å². The second-order valence-electron chi connectivity index (χ2n) is 2.04. The Morgan fingerprint density at radius 2 is 2.00 bits per heavy atom. The van der Waals surface area contributed by atoms with E-state index in [4.69, 9.17) is 5.11 Å². The highest BCUT2D eigenvalue weighted by atomic mass is 16.5. The zero-order chi connectivity index (χ0) is 9.56. The van der Waals surface area contributed by atoms with Crippen LogP contribution in [0.2, 0.25) is 0 Å². The first-order valence-corrected chi connectivity index (χ1v) is 3.24. The van der Waals surface area contributed by atoms with Crippen LogP contribution in [0, 0.1) is 0 Å². The Hall–Kier alpha value is -1.58. The maximum absolute atomic E-state index is 10.5. The van der Waals surface area contributed by atoms with Crippen molar-refractivity contribution < 1.29 is 19.4 Å². The fraction of sp³-hybridized carbons (Fsp3) is 0.250. The summed E-state index contributed by atoms with van der Waals surface area (Å²) in [4.78, 5) is 20.7. The highest BCUT2D eigenvalue weighted by Gasteiger charge is 1.96. The normalized spacial score (nSPS) is 11.7. The SMILES string of the molecule is COC(=O)/C=C/C=C(/C)C(=O)O. The molecule has 0 aromatic carbocycles. The molecule has 0 fully saturated rings. The first kappa shape index (κ1) is 10.4. The third-order valence-corrected chi connectivity index (χ3v) is 1.12. The summed E-state index contributed by atoms with van der Waals surface area (Å²) in [6.07, 6.45) is 3.79. The Balaban J connectivity index is 4.12. The van der Waals surface area contributed by atoms with Gasteiger partial charge in [-0.15, -0.1) is 0 Å². The topological polar surface area (TPSA) is 63.6 Å². The van der Waals surface area contributed by atoms with Crippen molar-refractivity contribution in [2.75, 3.05) is 7.11 Å². The summed E-state index contributed by atoms with van der Waals surface area (Å²) in [5.41, 5.74) is 0.162. The van der Waals surface area contributed by atoms with Crippen LogP contribution >= 0.6 is 0 Å². The first-order valence-electron chi connectivity index (χ1n) is 3.24. The molecule has 12 heavy (non-hydrogen) atoms. The van der Waals surface area contributed by atoms with Crippen LogP contribution in [0.25, 0.3) is 0 Å². The average Bonchev–Trinajstić information content (AvgIpc) is 2.03. The van der Waals surface area contributed by atoms with Crippen molar-refractivity contribution in [3.63, 3.8) is 0 Å². The van der Waals surface area contributed by atoms with Gasteiger partial charge in [0.2, 0.25) is 0 Å². The molecule has 0 aliphatic carbocycles. The van der Waals surface area contributed by atoms with Gasteiger partial charge in [0.15, 0.2) is 0 Å². The third kappa shape index (κ3) is 4.27. The van der Waals surface area contributed by atoms with Gasteiger partial charge >= 0.3 is 11.9 Å². The average molecular weight is 170 g/mol. The molecule has 0 amide bonds. The van der Waals surface area contributed by atoms with Gasteiger partial charge in [-0.3, -0.25) is 0 Å². The second-order valence-corrected chi connectivity index (χ2v) is 2.04. The van der Waals surface area contributed by atoms with Gasteiger partial charge in [0.1, 0.15) is 0 Å². The zero-order valence-corrected chi connectivity index (χ0v) is 6.90. The largest absolute Gasteiger partial charge is 0.478 e. The van der Waals surface area contributed by atoms with Crippen LogP contribution < -0.4 is 0 Å². The summed E-state index contributed by atoms with van der Waals surface area (Å²) >= 11 is 0. The van der Waals surface area contributed by atoms with E-state index in [0.29, 0.717) is 0 Å². The number of carbonyl (C=O) groups excluding carboxylic acids is 1. The van der Waals surface area contributed by atoms with E-state index >= 15 is 0 Å². The minimum absolute atomic E-state index is 0.162. The minimum atomic E-state index is -1.01. The maximum atomic E-state index is 10.5. The Labute approximate surface area is 70.1 Å². The number of ether oxygens (including phenoxy) is 1. The number of methoxy groups -OCH3 is 1. The third-order valence-electron chi connectivity index (χ3n) is 1.12. The highest BCUT2D eigenvalue weighted by molar-refractivity contribution is 5.87. The summed E-state index contributed by atoms with van der Waals surface area (Å²) in [5.74, 6) is -1.52. The van der Waals surface area contributed by atoms with E-state index in [1.807, 2.05) is 0 Å². The Morgan fingerprint density at radius 1 is 1.42 bits per heavy atom. The van der Waals surface area contributed by atoms with Crippen LogP contribution in [0.5, 0.6) is 0 Å². The molecule has 0 rings (SSSR count). The Bertz CT molecular complexity index is 237. The quantitative estimate of drug-likeness (QED) is 0.385. The molecule has 0 bridgehead atoms. The van der Waals surface area contributed by atoms with Crippen molar-refractivity contribution >= 4 is 11.9 Å². The van der Waals surface area contributed by atoms with Gasteiger partial charge in [-0.05, 0) is 6.92 Å². The molecule has 0 aliphatic heterocycles. The summed E-state index contributed by atoms with van der Waals surface area (Å²) in [6, 6.07) is 0. The number of hydrogen-bond acceptors (Lipinski definition) is 3. The molecular formula is C8H10O4. The lowest BCUT2D eigenvalue weighted by molar-refractivity contribution is -0.135. The van der Waals surface area contributed by atoms with Crippen molar-refractivity contribution in [3.05, 3.63) is 23.8 Å². The summed E-state index contributed by atoms with van der Waals surface area (Å²) in [7, 11) is 1.25. The lowest BCUT2D eigenvalue weighted by atomic mass is 10.3. The van der Waals surface area contributed by atoms with Crippen molar-refractivity contribution in [1.82, 2.24) is 0 Å². The Kier molecular flexibility index (Phi) is 4.45. The second kappa shape index (κ2) is 5.12. The number of aliphatic carboxylic acids is 1. The molecule has 66 valence electrons. The molecule has 0 unspecified atom stereocenters. The summed E-state index contributed by atoms with van der Waals surface area (Å²) in [6.45, 7) is 1.43. The molecule has 0 atom stereocenters. The van der Waals surface area contributed by atoms with E-state index in [2.05, 4.69) is 4.74 Å². The number of carboxylic acids is 1. The minimum Gasteiger partial charge on any atom is -0.478 e. The smallest absolute Gasteiger partial charge is 0.331 e. The molecule has 4 nitrogen and oxygen atoms in total. The van der Waals surface area contributed by atoms with Crippen LogP contribution in [0.4, 0.5) is 0 Å². The van der Waals surface area contributed by atoms with Crippen LogP contribution in [0.3, 0.4) is 0 Å². The molecule has 4 heteroatoms. The number of rotatable bonds is 3. The zero-order valence-electron chi connectivity index (χ0n) is 6.90. The fourth-order valence-electron chi connectivity index (χ4n) is 0.410. The number of carboxylic acid groups (broad SMARTS) is 1. The standard InChI is InChI=1S/C8H10O4/c1-6(8(10)11)4-3-5-7(9)12-2/h3-5H,1-2H3,(H,10,11)/b5-3+,6-4-. The maximum Gasteiger partial charge on any atom is 0.331 e. The Morgan fingerprint density at radius 3 is 2.42 bits per heavy atom. The first-order chi connectivity index (χ1) is 5.57. The van der Waals surface area contributed by atoms with Gasteiger partial charge in [-0.2, -0.15) is 0 Å². The molecule has 1 N–H and O–H groups in total. The molecule has 0 saturated heterocycles. The van der Waals surface area contributed by atoms with Crippen LogP contribution in [-0.4, -0.2) is 24.2 Å². The molecule has 0 spiro atoms. The number of esters is 1. The molecular weight excluding hydrogens is 160 g/mol. The van der Waals surface area contributed by atoms with Crippen LogP contribution in [0.15, 0.2) is 23.8 Å². The van der Waals surface area contributed by atoms with Crippen LogP contribution in [-0.2, 0) is 14.3 Å². The number of allylic oxidation sites excluding steroid dienone is 2. The predicted octanol–water partition coefficient (Wildman–Crippen LogP) is 0.746. The fourth-order valence-corrected chi connectivity index (χ4v) is 0.410. The molecule has 0 radical (unpaired) electrons. The lowest BCUT2D eigenvalue weighted by Gasteiger charge is -1.88. The van der Waals surface area contributed by atoms with E-state index < -0.39 is 11.9 Å². The summed E-state index contributed by atoms with van der Waals surface area (Å²) in [5, 5.41) is 8.39. The molecule has 0 aromatic heterocycles. The van der Waals surface area contributed by atoms with Gasteiger partial charge in [-0.25, -0.2) is 9.59 Å². The van der Waals surface area contributed by atoms with Gasteiger partial charge < -0.3 is 9.84 Å². The number of carbonyl (C=O) groups is 2. The highest BCUT2D eigenvalue weighted by Crippen LogP contribution is 1.92. The predicted molar refractivity (Wildman–Crippen MR) is 42.5 cm³/mol. The molecule has 0 aromatic rings. The van der Waals surface area contributed by atoms with E-state index in [1.165, 1.54) is 26.2 Å². The molecule has 0 saturated carbocycles. The van der Waals surface area contributed by atoms with Gasteiger partial charge in [-0.1, -0.05) is 12.2 Å². The van der Waals surface area contributed by atoms with Crippen molar-refractivity contribution in [3.8, 4) is 0 Å². The number of hydrogen-bond donors (Lipinski definition) is 1. The lowest BCUT2D eigenvalue weighted by Crippen LogP contribution is -1.96. The molecule has 0 heterocycles. The van der Waals surface area contributed by atoms with Crippen molar-refractivity contribution in [2.24, 2.45) is 0 Å². The van der Waals surface area contributed by atoms with Crippen molar-refractivity contribution in [1.29, 1.82) is 0 Å². The van der Waals surface area contributed by atoms with E-state index in [0.717, 1.165) is 6.08 Å². The molecule has 0 aliphatic rings. The summed E-state index contributed by atoms with van der Waals surface area (Å²) < 4.78 is 4.29. The van der Waals surface area contributed by atoms with E-state index in [-0.39, 0.29) is 5.57 Å². The van der Waals surface area contributed by atoms with Crippen LogP contribution in [0.1, 0.15) is 6.92 Å². The monoisotopic (exact) mass is 170 g/mol. The van der Waals surface area contributed by atoms with Gasteiger partial charge in [0.25, 0.3) is 0 Å². The van der Waals surface area contributed by atoms with Crippen molar-refractivity contribution in [2.45, 2.75) is 6.92 Å². The van der Waals surface area contributed by atoms with Gasteiger partial charge in [0, 0.05) is 11.6 Å².